The number of carbonyl (C=O) groups excluding carboxylic acids is 2. The first-order valence-corrected chi connectivity index (χ1v) is 6.27. The Bertz CT molecular complexity index is 518. The molecule has 0 fully saturated rings. The van der Waals surface area contributed by atoms with E-state index in [-0.39, 0.29) is 5.69 Å². The van der Waals surface area contributed by atoms with Gasteiger partial charge in [-0.1, -0.05) is 12.1 Å². The Kier molecular flexibility index (Phi) is 5.57. The van der Waals surface area contributed by atoms with Crippen LogP contribution < -0.4 is 16.0 Å². The molecule has 116 valence electrons. The average Bonchev–Trinajstić information content (AvgIpc) is 2.38. The molecule has 3 amide bonds. The number of hydrogen-bond donors (Lipinski definition) is 3. The Hall–Kier alpha value is -2.25. The molecule has 0 aliphatic carbocycles. The summed E-state index contributed by atoms with van der Waals surface area (Å²) >= 11 is 0. The molecule has 1 atom stereocenters. The predicted molar refractivity (Wildman–Crippen MR) is 71.7 cm³/mol. The van der Waals surface area contributed by atoms with Crippen molar-refractivity contribution in [3.8, 4) is 0 Å². The van der Waals surface area contributed by atoms with E-state index in [4.69, 9.17) is 0 Å². The van der Waals surface area contributed by atoms with E-state index in [1.807, 2.05) is 5.32 Å². The molecule has 1 rings (SSSR count). The summed E-state index contributed by atoms with van der Waals surface area (Å²) in [6, 6.07) is 3.12. The number of amides is 3. The van der Waals surface area contributed by atoms with Crippen LogP contribution >= 0.6 is 0 Å². The monoisotopic (exact) mass is 303 g/mol. The van der Waals surface area contributed by atoms with Crippen LogP contribution in [0, 0.1) is 0 Å². The Morgan fingerprint density at radius 1 is 1.24 bits per heavy atom. The molecule has 1 aromatic carbocycles. The maximum absolute atomic E-state index is 12.8. The Morgan fingerprint density at radius 2 is 1.86 bits per heavy atom. The van der Waals surface area contributed by atoms with Gasteiger partial charge in [-0.2, -0.15) is 13.2 Å². The second kappa shape index (κ2) is 6.96. The summed E-state index contributed by atoms with van der Waals surface area (Å²) < 4.78 is 38.4. The van der Waals surface area contributed by atoms with Crippen LogP contribution in [0.3, 0.4) is 0 Å². The molecule has 0 radical (unpaired) electrons. The number of urea groups is 1. The lowest BCUT2D eigenvalue weighted by molar-refractivity contribution is -0.137. The highest BCUT2D eigenvalue weighted by Crippen LogP contribution is 2.34. The van der Waals surface area contributed by atoms with E-state index in [1.165, 1.54) is 25.1 Å². The number of alkyl halides is 3. The van der Waals surface area contributed by atoms with Gasteiger partial charge in [-0.25, -0.2) is 4.79 Å². The number of para-hydroxylation sites is 1. The molecule has 0 spiro atoms. The van der Waals surface area contributed by atoms with Gasteiger partial charge in [0.05, 0.1) is 5.56 Å². The molecule has 0 aromatic heterocycles. The van der Waals surface area contributed by atoms with Crippen LogP contribution in [0.5, 0.6) is 0 Å². The normalized spacial score (nSPS) is 12.4. The van der Waals surface area contributed by atoms with Gasteiger partial charge in [0.1, 0.15) is 6.04 Å². The van der Waals surface area contributed by atoms with E-state index in [2.05, 4.69) is 10.6 Å². The largest absolute Gasteiger partial charge is 0.418 e. The fourth-order valence-corrected chi connectivity index (χ4v) is 1.58. The molecular formula is C13H16F3N3O2. The number of imide groups is 1. The minimum absolute atomic E-state index is 0.219. The van der Waals surface area contributed by atoms with Gasteiger partial charge in [-0.3, -0.25) is 10.1 Å². The first-order chi connectivity index (χ1) is 9.75. The lowest BCUT2D eigenvalue weighted by Gasteiger charge is -2.18. The van der Waals surface area contributed by atoms with Gasteiger partial charge in [0.2, 0.25) is 5.91 Å². The smallest absolute Gasteiger partial charge is 0.373 e. The molecule has 0 aliphatic heterocycles. The number of benzene rings is 1. The third-order valence-electron chi connectivity index (χ3n) is 2.57. The summed E-state index contributed by atoms with van der Waals surface area (Å²) in [6.07, 6.45) is -4.53. The summed E-state index contributed by atoms with van der Waals surface area (Å²) in [5, 5.41) is 6.83. The van der Waals surface area contributed by atoms with Crippen molar-refractivity contribution in [2.24, 2.45) is 0 Å². The number of nitrogens with one attached hydrogen (secondary N) is 3. The van der Waals surface area contributed by atoms with E-state index in [0.29, 0.717) is 6.54 Å². The molecule has 0 aliphatic rings. The van der Waals surface area contributed by atoms with E-state index in [0.717, 1.165) is 6.07 Å². The first-order valence-electron chi connectivity index (χ1n) is 6.27. The van der Waals surface area contributed by atoms with Crippen LogP contribution in [-0.4, -0.2) is 24.5 Å². The highest BCUT2D eigenvalue weighted by atomic mass is 19.4. The molecule has 0 bridgehead atoms. The zero-order chi connectivity index (χ0) is 16.0. The fourth-order valence-electron chi connectivity index (χ4n) is 1.58. The first kappa shape index (κ1) is 16.8. The molecular weight excluding hydrogens is 287 g/mol. The van der Waals surface area contributed by atoms with E-state index < -0.39 is 29.7 Å². The lowest BCUT2D eigenvalue weighted by atomic mass is 10.1. The molecule has 1 aromatic rings. The van der Waals surface area contributed by atoms with Gasteiger partial charge in [-0.15, -0.1) is 0 Å². The van der Waals surface area contributed by atoms with Gasteiger partial charge in [0.15, 0.2) is 0 Å². The van der Waals surface area contributed by atoms with Gasteiger partial charge >= 0.3 is 12.2 Å². The minimum Gasteiger partial charge on any atom is -0.373 e. The molecule has 0 saturated carbocycles. The van der Waals surface area contributed by atoms with Gasteiger partial charge in [-0.05, 0) is 26.0 Å². The van der Waals surface area contributed by atoms with Crippen LogP contribution in [0.25, 0.3) is 0 Å². The van der Waals surface area contributed by atoms with Crippen molar-refractivity contribution < 1.29 is 22.8 Å². The van der Waals surface area contributed by atoms with E-state index in [9.17, 15) is 22.8 Å². The molecule has 1 unspecified atom stereocenters. The van der Waals surface area contributed by atoms with Crippen LogP contribution in [0.1, 0.15) is 19.4 Å². The van der Waals surface area contributed by atoms with Crippen molar-refractivity contribution in [1.82, 2.24) is 10.6 Å². The second-order valence-corrected chi connectivity index (χ2v) is 4.26. The molecule has 5 nitrogen and oxygen atoms in total. The predicted octanol–water partition coefficient (Wildman–Crippen LogP) is 2.35. The second-order valence-electron chi connectivity index (χ2n) is 4.26. The summed E-state index contributed by atoms with van der Waals surface area (Å²) in [5.74, 6) is -0.724. The summed E-state index contributed by atoms with van der Waals surface area (Å²) in [5.41, 5.74) is -1.09. The highest BCUT2D eigenvalue weighted by molar-refractivity contribution is 5.98. The van der Waals surface area contributed by atoms with Crippen LogP contribution in [0.2, 0.25) is 0 Å². The summed E-state index contributed by atoms with van der Waals surface area (Å²) in [4.78, 5) is 22.9. The maximum Gasteiger partial charge on any atom is 0.418 e. The quantitative estimate of drug-likeness (QED) is 0.799. The number of rotatable bonds is 4. The van der Waals surface area contributed by atoms with Crippen LogP contribution in [0.15, 0.2) is 24.3 Å². The summed E-state index contributed by atoms with van der Waals surface area (Å²) in [7, 11) is 0. The standard InChI is InChI=1S/C13H16F3N3O2/c1-3-17-12(21)19-11(20)8(2)18-10-7-5-4-6-9(10)13(14,15)16/h4-8,18H,3H2,1-2H3,(H2,17,19,20,21). The number of anilines is 1. The highest BCUT2D eigenvalue weighted by Gasteiger charge is 2.33. The summed E-state index contributed by atoms with van der Waals surface area (Å²) in [6.45, 7) is 3.37. The van der Waals surface area contributed by atoms with Gasteiger partial charge in [0, 0.05) is 12.2 Å². The molecule has 3 N–H and O–H groups in total. The Labute approximate surface area is 119 Å². The van der Waals surface area contributed by atoms with E-state index >= 15 is 0 Å². The third-order valence-corrected chi connectivity index (χ3v) is 2.57. The van der Waals surface area contributed by atoms with E-state index in [1.54, 1.807) is 6.92 Å². The minimum atomic E-state index is -4.53. The zero-order valence-corrected chi connectivity index (χ0v) is 11.5. The molecule has 0 saturated heterocycles. The zero-order valence-electron chi connectivity index (χ0n) is 11.5. The number of hydrogen-bond acceptors (Lipinski definition) is 3. The Morgan fingerprint density at radius 3 is 2.43 bits per heavy atom. The average molecular weight is 303 g/mol. The van der Waals surface area contributed by atoms with Crippen molar-refractivity contribution in [3.05, 3.63) is 29.8 Å². The SMILES string of the molecule is CCNC(=O)NC(=O)C(C)Nc1ccccc1C(F)(F)F. The molecule has 0 heterocycles. The van der Waals surface area contributed by atoms with Crippen molar-refractivity contribution in [2.45, 2.75) is 26.1 Å². The lowest BCUT2D eigenvalue weighted by Crippen LogP contribution is -2.45. The van der Waals surface area contributed by atoms with Crippen molar-refractivity contribution >= 4 is 17.6 Å². The fraction of sp³-hybridized carbons (Fsp3) is 0.385. The van der Waals surface area contributed by atoms with Gasteiger partial charge in [0.25, 0.3) is 0 Å². The third kappa shape index (κ3) is 4.97. The van der Waals surface area contributed by atoms with Crippen molar-refractivity contribution in [3.63, 3.8) is 0 Å². The van der Waals surface area contributed by atoms with Crippen molar-refractivity contribution in [1.29, 1.82) is 0 Å². The molecule has 8 heteroatoms. The number of halogens is 3. The van der Waals surface area contributed by atoms with Crippen molar-refractivity contribution in [2.75, 3.05) is 11.9 Å². The maximum atomic E-state index is 12.8. The number of carbonyl (C=O) groups is 2. The topological polar surface area (TPSA) is 70.2 Å². The van der Waals surface area contributed by atoms with Crippen LogP contribution in [-0.2, 0) is 11.0 Å². The molecule has 21 heavy (non-hydrogen) atoms. The van der Waals surface area contributed by atoms with Crippen LogP contribution in [0.4, 0.5) is 23.7 Å². The van der Waals surface area contributed by atoms with Gasteiger partial charge < -0.3 is 10.6 Å². The Balaban J connectivity index is 2.77.